The van der Waals surface area contributed by atoms with Gasteiger partial charge in [0.15, 0.2) is 0 Å². The molecule has 0 bridgehead atoms. The van der Waals surface area contributed by atoms with E-state index < -0.39 is 0 Å². The molecule has 1 nitrogen and oxygen atoms in total. The van der Waals surface area contributed by atoms with Crippen LogP contribution in [0.15, 0.2) is 61.2 Å². The number of hydrogen-bond acceptors (Lipinski definition) is 1. The number of benzene rings is 2. The van der Waals surface area contributed by atoms with Crippen LogP contribution in [0.2, 0.25) is 0 Å². The van der Waals surface area contributed by atoms with Gasteiger partial charge in [0.05, 0.1) is 6.61 Å². The lowest BCUT2D eigenvalue weighted by molar-refractivity contribution is 0.282. The second kappa shape index (κ2) is 5.46. The molecule has 0 amide bonds. The van der Waals surface area contributed by atoms with Crippen LogP contribution in [-0.2, 0) is 13.0 Å². The Balaban J connectivity index is 2.23. The van der Waals surface area contributed by atoms with Gasteiger partial charge >= 0.3 is 0 Å². The minimum Gasteiger partial charge on any atom is -0.392 e. The molecule has 0 radical (unpaired) electrons. The Bertz CT molecular complexity index is 480. The fraction of sp³-hybridized carbons (Fsp3) is 0.125. The summed E-state index contributed by atoms with van der Waals surface area (Å²) in [6, 6.07) is 16.5. The van der Waals surface area contributed by atoms with Crippen LogP contribution >= 0.6 is 0 Å². The first-order valence-corrected chi connectivity index (χ1v) is 5.73. The van der Waals surface area contributed by atoms with E-state index in [1.54, 1.807) is 0 Å². The quantitative estimate of drug-likeness (QED) is 0.787. The zero-order chi connectivity index (χ0) is 12.1. The maximum atomic E-state index is 8.99. The molecular weight excluding hydrogens is 208 g/mol. The number of aliphatic hydroxyl groups excluding tert-OH is 1. The SMILES string of the molecule is C=CCc1ccc(-c2ccc(CO)cc2)cc1. The van der Waals surface area contributed by atoms with Gasteiger partial charge in [0.25, 0.3) is 0 Å². The third-order valence-electron chi connectivity index (χ3n) is 2.80. The number of allylic oxidation sites excluding steroid dienone is 1. The lowest BCUT2D eigenvalue weighted by Crippen LogP contribution is -1.84. The Hall–Kier alpha value is -1.86. The van der Waals surface area contributed by atoms with E-state index in [1.807, 2.05) is 30.3 Å². The van der Waals surface area contributed by atoms with Gasteiger partial charge in [-0.05, 0) is 28.7 Å². The zero-order valence-corrected chi connectivity index (χ0v) is 9.76. The minimum absolute atomic E-state index is 0.0958. The maximum absolute atomic E-state index is 8.99. The normalized spacial score (nSPS) is 10.2. The number of rotatable bonds is 4. The van der Waals surface area contributed by atoms with Crippen LogP contribution in [0.5, 0.6) is 0 Å². The predicted octanol–water partition coefficient (Wildman–Crippen LogP) is 3.57. The summed E-state index contributed by atoms with van der Waals surface area (Å²) in [4.78, 5) is 0. The van der Waals surface area contributed by atoms with E-state index in [1.165, 1.54) is 16.7 Å². The van der Waals surface area contributed by atoms with E-state index >= 15 is 0 Å². The molecule has 0 saturated heterocycles. The third kappa shape index (κ3) is 2.83. The Morgan fingerprint density at radius 3 is 1.71 bits per heavy atom. The largest absolute Gasteiger partial charge is 0.392 e. The van der Waals surface area contributed by atoms with Crippen molar-refractivity contribution in [1.82, 2.24) is 0 Å². The molecule has 1 heteroatoms. The van der Waals surface area contributed by atoms with Crippen LogP contribution in [0.1, 0.15) is 11.1 Å². The summed E-state index contributed by atoms with van der Waals surface area (Å²) in [6.45, 7) is 3.83. The summed E-state index contributed by atoms with van der Waals surface area (Å²) in [5.41, 5.74) is 4.59. The van der Waals surface area contributed by atoms with Crippen molar-refractivity contribution in [3.8, 4) is 11.1 Å². The van der Waals surface area contributed by atoms with Crippen LogP contribution in [0.4, 0.5) is 0 Å². The van der Waals surface area contributed by atoms with E-state index in [0.717, 1.165) is 12.0 Å². The highest BCUT2D eigenvalue weighted by Gasteiger charge is 1.98. The Morgan fingerprint density at radius 2 is 1.29 bits per heavy atom. The molecule has 0 heterocycles. The van der Waals surface area contributed by atoms with Gasteiger partial charge < -0.3 is 5.11 Å². The van der Waals surface area contributed by atoms with Gasteiger partial charge in [0, 0.05) is 0 Å². The molecule has 0 fully saturated rings. The molecule has 0 aliphatic carbocycles. The summed E-state index contributed by atoms with van der Waals surface area (Å²) >= 11 is 0. The van der Waals surface area contributed by atoms with Gasteiger partial charge in [0.1, 0.15) is 0 Å². The summed E-state index contributed by atoms with van der Waals surface area (Å²) in [5.74, 6) is 0. The lowest BCUT2D eigenvalue weighted by Gasteiger charge is -2.04. The van der Waals surface area contributed by atoms with Crippen LogP contribution < -0.4 is 0 Å². The predicted molar refractivity (Wildman–Crippen MR) is 71.7 cm³/mol. The van der Waals surface area contributed by atoms with E-state index in [4.69, 9.17) is 5.11 Å². The summed E-state index contributed by atoms with van der Waals surface area (Å²) < 4.78 is 0. The average molecular weight is 224 g/mol. The van der Waals surface area contributed by atoms with Gasteiger partial charge in [0.2, 0.25) is 0 Å². The average Bonchev–Trinajstić information content (AvgIpc) is 2.40. The van der Waals surface area contributed by atoms with E-state index in [9.17, 15) is 0 Å². The van der Waals surface area contributed by atoms with Crippen molar-refractivity contribution >= 4 is 0 Å². The summed E-state index contributed by atoms with van der Waals surface area (Å²) in [5, 5.41) is 8.99. The van der Waals surface area contributed by atoms with Crippen molar-refractivity contribution in [1.29, 1.82) is 0 Å². The van der Waals surface area contributed by atoms with Crippen molar-refractivity contribution in [2.24, 2.45) is 0 Å². The molecule has 0 aliphatic heterocycles. The molecule has 0 saturated carbocycles. The molecule has 2 rings (SSSR count). The minimum atomic E-state index is 0.0958. The third-order valence-corrected chi connectivity index (χ3v) is 2.80. The highest BCUT2D eigenvalue weighted by atomic mass is 16.3. The second-order valence-electron chi connectivity index (χ2n) is 4.04. The molecule has 2 aromatic rings. The van der Waals surface area contributed by atoms with E-state index in [-0.39, 0.29) is 6.61 Å². The smallest absolute Gasteiger partial charge is 0.0681 e. The Morgan fingerprint density at radius 1 is 0.824 bits per heavy atom. The summed E-state index contributed by atoms with van der Waals surface area (Å²) in [7, 11) is 0. The number of hydrogen-bond donors (Lipinski definition) is 1. The molecule has 0 unspecified atom stereocenters. The van der Waals surface area contributed by atoms with E-state index in [0.29, 0.717) is 0 Å². The van der Waals surface area contributed by atoms with Crippen LogP contribution in [0, 0.1) is 0 Å². The molecule has 0 aliphatic rings. The van der Waals surface area contributed by atoms with E-state index in [2.05, 4.69) is 30.8 Å². The van der Waals surface area contributed by atoms with Gasteiger partial charge in [-0.3, -0.25) is 0 Å². The fourth-order valence-corrected chi connectivity index (χ4v) is 1.80. The van der Waals surface area contributed by atoms with Gasteiger partial charge in [-0.15, -0.1) is 6.58 Å². The zero-order valence-electron chi connectivity index (χ0n) is 9.76. The van der Waals surface area contributed by atoms with Crippen molar-refractivity contribution in [2.75, 3.05) is 0 Å². The number of aliphatic hydroxyl groups is 1. The van der Waals surface area contributed by atoms with Gasteiger partial charge in [-0.25, -0.2) is 0 Å². The molecule has 2 aromatic carbocycles. The van der Waals surface area contributed by atoms with Crippen molar-refractivity contribution in [3.63, 3.8) is 0 Å². The van der Waals surface area contributed by atoms with Crippen LogP contribution in [0.3, 0.4) is 0 Å². The molecule has 0 spiro atoms. The fourth-order valence-electron chi connectivity index (χ4n) is 1.80. The maximum Gasteiger partial charge on any atom is 0.0681 e. The first-order chi connectivity index (χ1) is 8.33. The summed E-state index contributed by atoms with van der Waals surface area (Å²) in [6.07, 6.45) is 2.81. The van der Waals surface area contributed by atoms with Gasteiger partial charge in [-0.1, -0.05) is 54.6 Å². The monoisotopic (exact) mass is 224 g/mol. The lowest BCUT2D eigenvalue weighted by atomic mass is 10.0. The molecule has 1 N–H and O–H groups in total. The van der Waals surface area contributed by atoms with Crippen molar-refractivity contribution < 1.29 is 5.11 Å². The topological polar surface area (TPSA) is 20.2 Å². The second-order valence-corrected chi connectivity index (χ2v) is 4.04. The standard InChI is InChI=1S/C16H16O/c1-2-3-13-4-8-15(9-5-13)16-10-6-14(12-17)7-11-16/h2,4-11,17H,1,3,12H2. The van der Waals surface area contributed by atoms with Crippen molar-refractivity contribution in [2.45, 2.75) is 13.0 Å². The first-order valence-electron chi connectivity index (χ1n) is 5.73. The van der Waals surface area contributed by atoms with Crippen LogP contribution in [-0.4, -0.2) is 5.11 Å². The van der Waals surface area contributed by atoms with Gasteiger partial charge in [-0.2, -0.15) is 0 Å². The molecule has 17 heavy (non-hydrogen) atoms. The molecule has 0 aromatic heterocycles. The Kier molecular flexibility index (Phi) is 3.73. The first kappa shape index (κ1) is 11.6. The molecular formula is C16H16O. The Labute approximate surface area is 102 Å². The van der Waals surface area contributed by atoms with Crippen molar-refractivity contribution in [3.05, 3.63) is 72.3 Å². The molecule has 86 valence electrons. The highest BCUT2D eigenvalue weighted by molar-refractivity contribution is 5.63. The highest BCUT2D eigenvalue weighted by Crippen LogP contribution is 2.20. The molecule has 0 atom stereocenters. The van der Waals surface area contributed by atoms with Crippen LogP contribution in [0.25, 0.3) is 11.1 Å².